The van der Waals surface area contributed by atoms with Gasteiger partial charge in [-0.3, -0.25) is 5.14 Å². The van der Waals surface area contributed by atoms with Crippen LogP contribution < -0.4 is 5.14 Å². The van der Waals surface area contributed by atoms with Crippen LogP contribution in [0.4, 0.5) is 0 Å². The van der Waals surface area contributed by atoms with E-state index in [0.717, 1.165) is 5.57 Å². The van der Waals surface area contributed by atoms with E-state index in [-0.39, 0.29) is 4.75 Å². The molecule has 2 N–H and O–H groups in total. The third-order valence-corrected chi connectivity index (χ3v) is 3.41. The molecule has 0 unspecified atom stereocenters. The summed E-state index contributed by atoms with van der Waals surface area (Å²) < 4.78 is -0.0684. The highest BCUT2D eigenvalue weighted by Crippen LogP contribution is 2.34. The summed E-state index contributed by atoms with van der Waals surface area (Å²) in [6, 6.07) is 2.07. The molecule has 1 heterocycles. The third kappa shape index (κ3) is 1.91. The van der Waals surface area contributed by atoms with Crippen LogP contribution in [0.15, 0.2) is 23.4 Å². The van der Waals surface area contributed by atoms with E-state index in [1.54, 1.807) is 11.3 Å². The molecule has 66 valence electrons. The lowest BCUT2D eigenvalue weighted by atomic mass is 9.99. The minimum atomic E-state index is -0.0684. The van der Waals surface area contributed by atoms with Crippen molar-refractivity contribution in [3.8, 4) is 0 Å². The molecule has 1 aromatic heterocycles. The van der Waals surface area contributed by atoms with E-state index in [2.05, 4.69) is 37.3 Å². The molecule has 0 fully saturated rings. The fourth-order valence-corrected chi connectivity index (χ4v) is 1.79. The Labute approximate surface area is 81.8 Å². The van der Waals surface area contributed by atoms with Gasteiger partial charge in [0.2, 0.25) is 0 Å². The zero-order chi connectivity index (χ0) is 9.19. The minimum Gasteiger partial charge on any atom is -0.277 e. The summed E-state index contributed by atoms with van der Waals surface area (Å²) in [4.78, 5) is 0. The van der Waals surface area contributed by atoms with Gasteiger partial charge >= 0.3 is 0 Å². The van der Waals surface area contributed by atoms with Crippen LogP contribution in [-0.2, 0) is 0 Å². The van der Waals surface area contributed by atoms with Crippen LogP contribution in [0, 0.1) is 0 Å². The fraction of sp³-hybridized carbons (Fsp3) is 0.333. The summed E-state index contributed by atoms with van der Waals surface area (Å²) in [5.74, 6) is 0. The molecule has 12 heavy (non-hydrogen) atoms. The molecule has 0 spiro atoms. The second-order valence-corrected chi connectivity index (χ2v) is 5.16. The molecule has 3 heteroatoms. The number of hydrogen-bond donors (Lipinski definition) is 1. The molecule has 1 rings (SSSR count). The second-order valence-electron chi connectivity index (χ2n) is 3.12. The smallest absolute Gasteiger partial charge is 0.0494 e. The van der Waals surface area contributed by atoms with E-state index in [1.807, 2.05) is 0 Å². The summed E-state index contributed by atoms with van der Waals surface area (Å²) in [7, 11) is 0. The Balaban J connectivity index is 2.86. The molecule has 0 aromatic carbocycles. The standard InChI is InChI=1S/C9H13NS2/c1-7(9(2,3)12-10)8-4-5-11-6-8/h4-6H,1,10H2,2-3H3. The van der Waals surface area contributed by atoms with Crippen molar-refractivity contribution < 1.29 is 0 Å². The molecule has 0 saturated carbocycles. The van der Waals surface area contributed by atoms with E-state index >= 15 is 0 Å². The number of rotatable bonds is 3. The highest BCUT2D eigenvalue weighted by molar-refractivity contribution is 7.98. The largest absolute Gasteiger partial charge is 0.277 e. The molecule has 0 aliphatic rings. The molecule has 0 saturated heterocycles. The maximum Gasteiger partial charge on any atom is 0.0494 e. The molecule has 0 amide bonds. The summed E-state index contributed by atoms with van der Waals surface area (Å²) in [6.45, 7) is 8.21. The summed E-state index contributed by atoms with van der Waals surface area (Å²) in [6.07, 6.45) is 0. The Kier molecular flexibility index (Phi) is 2.99. The Morgan fingerprint density at radius 1 is 1.67 bits per heavy atom. The van der Waals surface area contributed by atoms with Crippen molar-refractivity contribution in [2.45, 2.75) is 18.6 Å². The van der Waals surface area contributed by atoms with Crippen molar-refractivity contribution in [2.75, 3.05) is 0 Å². The first-order valence-corrected chi connectivity index (χ1v) is 5.50. The van der Waals surface area contributed by atoms with Gasteiger partial charge in [0.1, 0.15) is 0 Å². The van der Waals surface area contributed by atoms with Gasteiger partial charge in [-0.15, -0.1) is 0 Å². The van der Waals surface area contributed by atoms with Gasteiger partial charge in [0.15, 0.2) is 0 Å². The average molecular weight is 199 g/mol. The van der Waals surface area contributed by atoms with Crippen LogP contribution in [0.5, 0.6) is 0 Å². The van der Waals surface area contributed by atoms with Crippen LogP contribution >= 0.6 is 23.3 Å². The zero-order valence-corrected chi connectivity index (χ0v) is 8.97. The monoisotopic (exact) mass is 199 g/mol. The quantitative estimate of drug-likeness (QED) is 0.757. The molecule has 1 aromatic rings. The predicted molar refractivity (Wildman–Crippen MR) is 59.2 cm³/mol. The van der Waals surface area contributed by atoms with Gasteiger partial charge in [0.05, 0.1) is 0 Å². The van der Waals surface area contributed by atoms with E-state index in [4.69, 9.17) is 5.14 Å². The maximum atomic E-state index is 5.57. The Bertz CT molecular complexity index is 262. The van der Waals surface area contributed by atoms with Crippen molar-refractivity contribution in [3.63, 3.8) is 0 Å². The van der Waals surface area contributed by atoms with E-state index in [1.165, 1.54) is 17.5 Å². The van der Waals surface area contributed by atoms with Crippen molar-refractivity contribution in [1.29, 1.82) is 0 Å². The predicted octanol–water partition coefficient (Wildman–Crippen LogP) is 3.15. The number of hydrogen-bond acceptors (Lipinski definition) is 3. The van der Waals surface area contributed by atoms with Gasteiger partial charge in [0, 0.05) is 4.75 Å². The van der Waals surface area contributed by atoms with Crippen LogP contribution in [0.2, 0.25) is 0 Å². The van der Waals surface area contributed by atoms with E-state index in [9.17, 15) is 0 Å². The van der Waals surface area contributed by atoms with Gasteiger partial charge < -0.3 is 0 Å². The second kappa shape index (κ2) is 3.64. The van der Waals surface area contributed by atoms with Gasteiger partial charge in [0.25, 0.3) is 0 Å². The van der Waals surface area contributed by atoms with E-state index in [0.29, 0.717) is 0 Å². The van der Waals surface area contributed by atoms with Crippen molar-refractivity contribution in [3.05, 3.63) is 29.0 Å². The molecule has 0 atom stereocenters. The van der Waals surface area contributed by atoms with Gasteiger partial charge in [-0.2, -0.15) is 11.3 Å². The maximum absolute atomic E-state index is 5.57. The average Bonchev–Trinajstić information content (AvgIpc) is 2.55. The molecular weight excluding hydrogens is 186 g/mol. The highest BCUT2D eigenvalue weighted by Gasteiger charge is 2.22. The van der Waals surface area contributed by atoms with Crippen LogP contribution in [0.25, 0.3) is 5.57 Å². The molecule has 0 bridgehead atoms. The van der Waals surface area contributed by atoms with Crippen molar-refractivity contribution >= 4 is 28.9 Å². The molecule has 0 aliphatic heterocycles. The minimum absolute atomic E-state index is 0.0684. The van der Waals surface area contributed by atoms with Crippen LogP contribution in [0.3, 0.4) is 0 Å². The lowest BCUT2D eigenvalue weighted by Gasteiger charge is -2.23. The summed E-state index contributed by atoms with van der Waals surface area (Å²) in [5, 5.41) is 9.72. The zero-order valence-electron chi connectivity index (χ0n) is 7.33. The molecule has 1 nitrogen and oxygen atoms in total. The van der Waals surface area contributed by atoms with Crippen LogP contribution in [-0.4, -0.2) is 4.75 Å². The first-order chi connectivity index (χ1) is 5.58. The van der Waals surface area contributed by atoms with Crippen molar-refractivity contribution in [1.82, 2.24) is 0 Å². The Morgan fingerprint density at radius 2 is 2.33 bits per heavy atom. The first kappa shape index (κ1) is 9.84. The highest BCUT2D eigenvalue weighted by atomic mass is 32.2. The lowest BCUT2D eigenvalue weighted by molar-refractivity contribution is 0.925. The van der Waals surface area contributed by atoms with E-state index < -0.39 is 0 Å². The number of nitrogens with two attached hydrogens (primary N) is 1. The van der Waals surface area contributed by atoms with Crippen LogP contribution in [0.1, 0.15) is 19.4 Å². The molecular formula is C9H13NS2. The Morgan fingerprint density at radius 3 is 2.75 bits per heavy atom. The molecule has 0 radical (unpaired) electrons. The first-order valence-electron chi connectivity index (χ1n) is 3.68. The topological polar surface area (TPSA) is 26.0 Å². The number of thiophene rings is 1. The van der Waals surface area contributed by atoms with Gasteiger partial charge in [-0.25, -0.2) is 0 Å². The van der Waals surface area contributed by atoms with Crippen molar-refractivity contribution in [2.24, 2.45) is 5.14 Å². The van der Waals surface area contributed by atoms with Gasteiger partial charge in [-0.1, -0.05) is 18.5 Å². The van der Waals surface area contributed by atoms with Gasteiger partial charge in [-0.05, 0) is 41.8 Å². The summed E-state index contributed by atoms with van der Waals surface area (Å²) in [5.41, 5.74) is 2.29. The summed E-state index contributed by atoms with van der Waals surface area (Å²) >= 11 is 3.02. The fourth-order valence-electron chi connectivity index (χ4n) is 0.855. The normalized spacial score (nSPS) is 11.6. The third-order valence-electron chi connectivity index (χ3n) is 1.89. The lowest BCUT2D eigenvalue weighted by Crippen LogP contribution is -2.18. The SMILES string of the molecule is C=C(c1ccsc1)C(C)(C)SN. The Hall–Kier alpha value is -0.250. The molecule has 0 aliphatic carbocycles.